The molecule has 122 valence electrons. The highest BCUT2D eigenvalue weighted by molar-refractivity contribution is 9.10. The maximum atomic E-state index is 12.0. The van der Waals surface area contributed by atoms with Gasteiger partial charge < -0.3 is 14.5 Å². The minimum absolute atomic E-state index is 0.0284. The third kappa shape index (κ3) is 3.58. The maximum absolute atomic E-state index is 12.0. The van der Waals surface area contributed by atoms with Crippen LogP contribution in [0.15, 0.2) is 27.5 Å². The topological polar surface area (TPSA) is 98.9 Å². The zero-order valence-corrected chi connectivity index (χ0v) is 14.7. The van der Waals surface area contributed by atoms with E-state index in [4.69, 9.17) is 14.7 Å². The van der Waals surface area contributed by atoms with Crippen LogP contribution in [-0.4, -0.2) is 18.2 Å². The van der Waals surface area contributed by atoms with Gasteiger partial charge in [0, 0.05) is 11.3 Å². The first kappa shape index (κ1) is 17.6. The second-order valence-corrected chi connectivity index (χ2v) is 5.70. The van der Waals surface area contributed by atoms with E-state index in [0.29, 0.717) is 39.4 Å². The number of ether oxygens (including phenoxy) is 2. The van der Waals surface area contributed by atoms with Crippen LogP contribution in [0.3, 0.4) is 0 Å². The highest BCUT2D eigenvalue weighted by atomic mass is 79.9. The van der Waals surface area contributed by atoms with Crippen molar-refractivity contribution in [1.82, 2.24) is 4.98 Å². The molecular weight excluding hydrogens is 374 g/mol. The molecule has 2 aromatic rings. The van der Waals surface area contributed by atoms with E-state index in [1.807, 2.05) is 19.1 Å². The molecule has 0 radical (unpaired) electrons. The van der Waals surface area contributed by atoms with Crippen molar-refractivity contribution >= 4 is 15.9 Å². The summed E-state index contributed by atoms with van der Waals surface area (Å²) in [5, 5.41) is 18.0. The zero-order valence-electron chi connectivity index (χ0n) is 13.1. The molecule has 0 saturated carbocycles. The summed E-state index contributed by atoms with van der Waals surface area (Å²) < 4.78 is 11.5. The first-order valence-electron chi connectivity index (χ1n) is 7.12. The quantitative estimate of drug-likeness (QED) is 0.848. The lowest BCUT2D eigenvalue weighted by Crippen LogP contribution is -2.12. The van der Waals surface area contributed by atoms with Gasteiger partial charge >= 0.3 is 0 Å². The lowest BCUT2D eigenvalue weighted by Gasteiger charge is -2.15. The predicted molar refractivity (Wildman–Crippen MR) is 91.9 cm³/mol. The Bertz CT molecular complexity index is 907. The summed E-state index contributed by atoms with van der Waals surface area (Å²) in [7, 11) is 0. The highest BCUT2D eigenvalue weighted by Gasteiger charge is 2.17. The molecule has 0 aliphatic heterocycles. The van der Waals surface area contributed by atoms with E-state index in [-0.39, 0.29) is 12.2 Å². The number of aromatic nitrogens is 1. The summed E-state index contributed by atoms with van der Waals surface area (Å²) >= 11 is 3.40. The standard InChI is InChI=1S/C17H14BrN3O3/c1-3-23-15-8-11(7-14(18)16(15)24-5-4-19)12-6-10(2)21-17(22)13(12)9-20/h6-8H,3,5H2,1-2H3,(H,21,22). The number of benzene rings is 1. The van der Waals surface area contributed by atoms with Gasteiger partial charge in [0.1, 0.15) is 17.7 Å². The van der Waals surface area contributed by atoms with Crippen molar-refractivity contribution < 1.29 is 9.47 Å². The minimum atomic E-state index is -0.439. The number of nitrogens with zero attached hydrogens (tertiary/aromatic N) is 2. The molecular formula is C17H14BrN3O3. The molecule has 0 aliphatic rings. The number of hydrogen-bond donors (Lipinski definition) is 1. The van der Waals surface area contributed by atoms with Gasteiger partial charge in [-0.25, -0.2) is 0 Å². The Balaban J connectivity index is 2.67. The van der Waals surface area contributed by atoms with Gasteiger partial charge in [-0.2, -0.15) is 10.5 Å². The lowest BCUT2D eigenvalue weighted by atomic mass is 10.0. The second-order valence-electron chi connectivity index (χ2n) is 4.85. The number of pyridine rings is 1. The van der Waals surface area contributed by atoms with Crippen molar-refractivity contribution in [2.24, 2.45) is 0 Å². The summed E-state index contributed by atoms with van der Waals surface area (Å²) in [6.45, 7) is 3.85. The van der Waals surface area contributed by atoms with Gasteiger partial charge in [0.25, 0.3) is 5.56 Å². The molecule has 1 aromatic heterocycles. The fourth-order valence-corrected chi connectivity index (χ4v) is 2.81. The van der Waals surface area contributed by atoms with Gasteiger partial charge in [0.2, 0.25) is 0 Å². The number of rotatable bonds is 5. The fourth-order valence-electron chi connectivity index (χ4n) is 2.26. The Labute approximate surface area is 147 Å². The lowest BCUT2D eigenvalue weighted by molar-refractivity contribution is 0.297. The van der Waals surface area contributed by atoms with Crippen LogP contribution in [0.1, 0.15) is 18.2 Å². The molecule has 0 fully saturated rings. The van der Waals surface area contributed by atoms with Crippen LogP contribution < -0.4 is 15.0 Å². The van der Waals surface area contributed by atoms with Crippen molar-refractivity contribution in [2.45, 2.75) is 13.8 Å². The largest absolute Gasteiger partial charge is 0.490 e. The van der Waals surface area contributed by atoms with Crippen LogP contribution >= 0.6 is 15.9 Å². The predicted octanol–water partition coefficient (Wildman–Crippen LogP) is 3.29. The van der Waals surface area contributed by atoms with E-state index in [2.05, 4.69) is 20.9 Å². The number of halogens is 1. The molecule has 0 aliphatic carbocycles. The van der Waals surface area contributed by atoms with Gasteiger partial charge in [-0.15, -0.1) is 0 Å². The molecule has 0 bridgehead atoms. The minimum Gasteiger partial charge on any atom is -0.490 e. The molecule has 0 unspecified atom stereocenters. The maximum Gasteiger partial charge on any atom is 0.266 e. The molecule has 1 N–H and O–H groups in total. The van der Waals surface area contributed by atoms with E-state index in [1.165, 1.54) is 0 Å². The van der Waals surface area contributed by atoms with Gasteiger partial charge in [-0.1, -0.05) is 0 Å². The Kier molecular flexibility index (Phi) is 5.62. The number of aryl methyl sites for hydroxylation is 1. The summed E-state index contributed by atoms with van der Waals surface area (Å²) in [5.41, 5.74) is 1.38. The molecule has 0 amide bonds. The van der Waals surface area contributed by atoms with Crippen LogP contribution in [0.2, 0.25) is 0 Å². The summed E-state index contributed by atoms with van der Waals surface area (Å²) in [5.74, 6) is 0.834. The van der Waals surface area contributed by atoms with Crippen LogP contribution in [-0.2, 0) is 0 Å². The Morgan fingerprint density at radius 3 is 2.62 bits per heavy atom. The third-order valence-electron chi connectivity index (χ3n) is 3.18. The zero-order chi connectivity index (χ0) is 17.7. The van der Waals surface area contributed by atoms with Crippen molar-refractivity contribution in [1.29, 1.82) is 10.5 Å². The number of hydrogen-bond acceptors (Lipinski definition) is 5. The summed E-state index contributed by atoms with van der Waals surface area (Å²) in [4.78, 5) is 14.6. The molecule has 1 heterocycles. The van der Waals surface area contributed by atoms with Crippen molar-refractivity contribution in [3.05, 3.63) is 44.3 Å². The molecule has 6 nitrogen and oxygen atoms in total. The van der Waals surface area contributed by atoms with Gasteiger partial charge in [-0.3, -0.25) is 4.79 Å². The van der Waals surface area contributed by atoms with Gasteiger partial charge in [0.15, 0.2) is 18.1 Å². The van der Waals surface area contributed by atoms with Crippen LogP contribution in [0.25, 0.3) is 11.1 Å². The van der Waals surface area contributed by atoms with E-state index >= 15 is 0 Å². The number of aromatic amines is 1. The molecule has 2 rings (SSSR count). The number of H-pyrrole nitrogens is 1. The first-order chi connectivity index (χ1) is 11.5. The SMILES string of the molecule is CCOc1cc(-c2cc(C)[nH]c(=O)c2C#N)cc(Br)c1OCC#N. The number of nitriles is 2. The average molecular weight is 388 g/mol. The molecule has 24 heavy (non-hydrogen) atoms. The second kappa shape index (κ2) is 7.67. The molecule has 0 atom stereocenters. The Morgan fingerprint density at radius 1 is 1.25 bits per heavy atom. The number of nitrogens with one attached hydrogen (secondary N) is 1. The smallest absolute Gasteiger partial charge is 0.266 e. The first-order valence-corrected chi connectivity index (χ1v) is 7.91. The molecule has 0 saturated heterocycles. The average Bonchev–Trinajstić information content (AvgIpc) is 2.53. The normalized spacial score (nSPS) is 9.88. The fraction of sp³-hybridized carbons (Fsp3) is 0.235. The van der Waals surface area contributed by atoms with Gasteiger partial charge in [-0.05, 0) is 53.5 Å². The molecule has 0 spiro atoms. The Morgan fingerprint density at radius 2 is 2.00 bits per heavy atom. The van der Waals surface area contributed by atoms with Gasteiger partial charge in [0.05, 0.1) is 11.1 Å². The summed E-state index contributed by atoms with van der Waals surface area (Å²) in [6.07, 6.45) is 0. The van der Waals surface area contributed by atoms with E-state index < -0.39 is 5.56 Å². The van der Waals surface area contributed by atoms with Crippen molar-refractivity contribution in [2.75, 3.05) is 13.2 Å². The van der Waals surface area contributed by atoms with E-state index in [0.717, 1.165) is 0 Å². The van der Waals surface area contributed by atoms with Crippen molar-refractivity contribution in [3.8, 4) is 34.8 Å². The van der Waals surface area contributed by atoms with E-state index in [1.54, 1.807) is 25.1 Å². The molecule has 1 aromatic carbocycles. The van der Waals surface area contributed by atoms with Crippen LogP contribution in [0.5, 0.6) is 11.5 Å². The van der Waals surface area contributed by atoms with Crippen LogP contribution in [0.4, 0.5) is 0 Å². The third-order valence-corrected chi connectivity index (χ3v) is 3.77. The monoisotopic (exact) mass is 387 g/mol. The highest BCUT2D eigenvalue weighted by Crippen LogP contribution is 2.40. The molecule has 7 heteroatoms. The van der Waals surface area contributed by atoms with E-state index in [9.17, 15) is 10.1 Å². The summed E-state index contributed by atoms with van der Waals surface area (Å²) in [6, 6.07) is 8.99. The Hall–Kier alpha value is -2.77. The van der Waals surface area contributed by atoms with Crippen molar-refractivity contribution in [3.63, 3.8) is 0 Å². The van der Waals surface area contributed by atoms with Crippen LogP contribution in [0, 0.1) is 29.6 Å².